The Kier molecular flexibility index (Phi) is 7.06. The van der Waals surface area contributed by atoms with Crippen LogP contribution in [0.2, 0.25) is 10.0 Å². The highest BCUT2D eigenvalue weighted by Crippen LogP contribution is 2.41. The summed E-state index contributed by atoms with van der Waals surface area (Å²) in [5.41, 5.74) is 2.71. The van der Waals surface area contributed by atoms with Gasteiger partial charge >= 0.3 is 0 Å². The molecule has 0 spiro atoms. The molecule has 6 nitrogen and oxygen atoms in total. The van der Waals surface area contributed by atoms with Crippen molar-refractivity contribution < 1.29 is 8.78 Å². The predicted molar refractivity (Wildman–Crippen MR) is 137 cm³/mol. The van der Waals surface area contributed by atoms with Crippen LogP contribution in [0, 0.1) is 28.9 Å². The third-order valence-electron chi connectivity index (χ3n) is 6.39. The second kappa shape index (κ2) is 10.4. The number of piperidine rings is 1. The summed E-state index contributed by atoms with van der Waals surface area (Å²) in [7, 11) is 0. The first-order chi connectivity index (χ1) is 17.5. The number of anilines is 1. The number of nitrogens with zero attached hydrogens (tertiary/aromatic N) is 4. The molecule has 184 valence electrons. The van der Waals surface area contributed by atoms with Crippen molar-refractivity contribution in [3.8, 4) is 17.3 Å². The van der Waals surface area contributed by atoms with Crippen molar-refractivity contribution in [2.24, 2.45) is 5.92 Å². The molecule has 1 unspecified atom stereocenters. The molecule has 2 aromatic heterocycles. The van der Waals surface area contributed by atoms with E-state index in [0.717, 1.165) is 38.1 Å². The van der Waals surface area contributed by atoms with E-state index >= 15 is 0 Å². The molecule has 1 atom stereocenters. The Balaban J connectivity index is 1.61. The first-order valence-corrected chi connectivity index (χ1v) is 12.3. The standard InChI is InChI=1S/C26H22Cl2F2N6/c27-19-4-1-5-20(28)23(19)24-17(10-31)18-13-34-26(33-12-15-6-7-21(29)22(30)9-15)35-25(18)36(24)14-16-3-2-8-32-11-16/h1,4-7,9,13,16,32H,2-3,8,11-12,14H2,(H,33,34,35). The molecule has 0 saturated carbocycles. The maximum atomic E-state index is 13.6. The molecular weight excluding hydrogens is 505 g/mol. The zero-order valence-corrected chi connectivity index (χ0v) is 20.7. The molecule has 1 fully saturated rings. The fourth-order valence-corrected chi connectivity index (χ4v) is 5.23. The third kappa shape index (κ3) is 4.74. The van der Waals surface area contributed by atoms with Gasteiger partial charge in [-0.25, -0.2) is 13.8 Å². The van der Waals surface area contributed by atoms with Crippen LogP contribution >= 0.6 is 23.2 Å². The first-order valence-electron chi connectivity index (χ1n) is 11.6. The van der Waals surface area contributed by atoms with Crippen LogP contribution in [0.4, 0.5) is 14.7 Å². The minimum absolute atomic E-state index is 0.199. The van der Waals surface area contributed by atoms with Crippen LogP contribution in [0.15, 0.2) is 42.6 Å². The highest BCUT2D eigenvalue weighted by atomic mass is 35.5. The molecule has 2 N–H and O–H groups in total. The molecule has 36 heavy (non-hydrogen) atoms. The molecule has 2 aromatic carbocycles. The minimum atomic E-state index is -0.916. The SMILES string of the molecule is N#Cc1c(-c2c(Cl)cccc2Cl)n(CC2CCCNC2)c2nc(NCc3ccc(F)c(F)c3)ncc12. The molecule has 1 saturated heterocycles. The van der Waals surface area contributed by atoms with Crippen LogP contribution in [-0.2, 0) is 13.1 Å². The van der Waals surface area contributed by atoms with Gasteiger partial charge in [0.25, 0.3) is 0 Å². The van der Waals surface area contributed by atoms with Gasteiger partial charge in [-0.15, -0.1) is 0 Å². The molecule has 0 aliphatic carbocycles. The van der Waals surface area contributed by atoms with E-state index in [1.54, 1.807) is 24.4 Å². The van der Waals surface area contributed by atoms with E-state index in [0.29, 0.717) is 61.9 Å². The fraction of sp³-hybridized carbons (Fsp3) is 0.269. The molecule has 10 heteroatoms. The molecule has 1 aliphatic heterocycles. The van der Waals surface area contributed by atoms with E-state index in [2.05, 4.69) is 21.7 Å². The van der Waals surface area contributed by atoms with Crippen molar-refractivity contribution in [3.05, 3.63) is 75.4 Å². The van der Waals surface area contributed by atoms with Gasteiger partial charge in [0.15, 0.2) is 11.6 Å². The molecule has 3 heterocycles. The minimum Gasteiger partial charge on any atom is -0.350 e. The van der Waals surface area contributed by atoms with Gasteiger partial charge in [-0.1, -0.05) is 35.3 Å². The molecular formula is C26H22Cl2F2N6. The summed E-state index contributed by atoms with van der Waals surface area (Å²) >= 11 is 13.2. The Morgan fingerprint density at radius 3 is 2.67 bits per heavy atom. The van der Waals surface area contributed by atoms with Gasteiger partial charge in [-0.2, -0.15) is 10.2 Å². The number of nitrogens with one attached hydrogen (secondary N) is 2. The molecule has 0 bridgehead atoms. The number of benzene rings is 2. The maximum Gasteiger partial charge on any atom is 0.224 e. The smallest absolute Gasteiger partial charge is 0.224 e. The van der Waals surface area contributed by atoms with E-state index in [4.69, 9.17) is 28.2 Å². The highest BCUT2D eigenvalue weighted by Gasteiger charge is 2.26. The second-order valence-corrected chi connectivity index (χ2v) is 9.60. The number of hydrogen-bond acceptors (Lipinski definition) is 5. The van der Waals surface area contributed by atoms with Crippen LogP contribution in [0.3, 0.4) is 0 Å². The van der Waals surface area contributed by atoms with E-state index in [-0.39, 0.29) is 6.54 Å². The van der Waals surface area contributed by atoms with E-state index in [1.807, 2.05) is 4.57 Å². The topological polar surface area (TPSA) is 78.6 Å². The molecule has 0 radical (unpaired) electrons. The summed E-state index contributed by atoms with van der Waals surface area (Å²) in [6.45, 7) is 2.64. The Morgan fingerprint density at radius 2 is 1.97 bits per heavy atom. The van der Waals surface area contributed by atoms with E-state index in [1.165, 1.54) is 6.07 Å². The van der Waals surface area contributed by atoms with Gasteiger partial charge in [0, 0.05) is 24.8 Å². The summed E-state index contributed by atoms with van der Waals surface area (Å²) in [6, 6.07) is 11.3. The average Bonchev–Trinajstić information content (AvgIpc) is 3.17. The first kappa shape index (κ1) is 24.4. The lowest BCUT2D eigenvalue weighted by molar-refractivity contribution is 0.341. The lowest BCUT2D eigenvalue weighted by Crippen LogP contribution is -2.32. The summed E-state index contributed by atoms with van der Waals surface area (Å²) in [6.07, 6.45) is 3.70. The van der Waals surface area contributed by atoms with Crippen molar-refractivity contribution in [1.29, 1.82) is 5.26 Å². The van der Waals surface area contributed by atoms with Crippen molar-refractivity contribution in [2.45, 2.75) is 25.9 Å². The number of rotatable bonds is 6. The van der Waals surface area contributed by atoms with Crippen molar-refractivity contribution >= 4 is 40.2 Å². The zero-order chi connectivity index (χ0) is 25.2. The quantitative estimate of drug-likeness (QED) is 0.314. The Bertz CT molecular complexity index is 1450. The highest BCUT2D eigenvalue weighted by molar-refractivity contribution is 6.39. The van der Waals surface area contributed by atoms with Crippen LogP contribution in [0.5, 0.6) is 0 Å². The van der Waals surface area contributed by atoms with E-state index in [9.17, 15) is 14.0 Å². The van der Waals surface area contributed by atoms with Crippen LogP contribution in [-0.4, -0.2) is 27.6 Å². The third-order valence-corrected chi connectivity index (χ3v) is 7.02. The fourth-order valence-electron chi connectivity index (χ4n) is 4.65. The molecule has 5 rings (SSSR count). The number of hydrogen-bond donors (Lipinski definition) is 2. The number of halogens is 4. The molecule has 4 aromatic rings. The van der Waals surface area contributed by atoms with Gasteiger partial charge in [-0.05, 0) is 61.7 Å². The number of nitriles is 1. The van der Waals surface area contributed by atoms with E-state index < -0.39 is 11.6 Å². The van der Waals surface area contributed by atoms with Gasteiger partial charge in [0.2, 0.25) is 5.95 Å². The number of aromatic nitrogens is 3. The predicted octanol–water partition coefficient (Wildman–Crippen LogP) is 6.17. The summed E-state index contributed by atoms with van der Waals surface area (Å²) < 4.78 is 28.9. The lowest BCUT2D eigenvalue weighted by atomic mass is 9.99. The summed E-state index contributed by atoms with van der Waals surface area (Å²) in [5.74, 6) is -1.19. The van der Waals surface area contributed by atoms with Crippen molar-refractivity contribution in [3.63, 3.8) is 0 Å². The van der Waals surface area contributed by atoms with Gasteiger partial charge in [-0.3, -0.25) is 0 Å². The number of fused-ring (bicyclic) bond motifs is 1. The van der Waals surface area contributed by atoms with Crippen LogP contribution < -0.4 is 10.6 Å². The van der Waals surface area contributed by atoms with Crippen LogP contribution in [0.1, 0.15) is 24.0 Å². The average molecular weight is 527 g/mol. The van der Waals surface area contributed by atoms with Crippen molar-refractivity contribution in [2.75, 3.05) is 18.4 Å². The van der Waals surface area contributed by atoms with Gasteiger partial charge in [0.1, 0.15) is 11.7 Å². The van der Waals surface area contributed by atoms with Gasteiger partial charge < -0.3 is 15.2 Å². The summed E-state index contributed by atoms with van der Waals surface area (Å²) in [5, 5.41) is 18.1. The largest absolute Gasteiger partial charge is 0.350 e. The van der Waals surface area contributed by atoms with Crippen molar-refractivity contribution in [1.82, 2.24) is 19.9 Å². The Labute approximate surface area is 216 Å². The second-order valence-electron chi connectivity index (χ2n) is 8.79. The van der Waals surface area contributed by atoms with Crippen LogP contribution in [0.25, 0.3) is 22.3 Å². The molecule has 1 aliphatic rings. The monoisotopic (exact) mass is 526 g/mol. The maximum absolute atomic E-state index is 13.6. The Morgan fingerprint density at radius 1 is 1.17 bits per heavy atom. The Hall–Kier alpha value is -3.25. The lowest BCUT2D eigenvalue weighted by Gasteiger charge is -2.25. The van der Waals surface area contributed by atoms with Gasteiger partial charge in [0.05, 0.1) is 26.7 Å². The molecule has 0 amide bonds. The summed E-state index contributed by atoms with van der Waals surface area (Å²) in [4.78, 5) is 9.10. The zero-order valence-electron chi connectivity index (χ0n) is 19.2. The normalized spacial score (nSPS) is 15.7.